The van der Waals surface area contributed by atoms with Crippen LogP contribution in [0.5, 0.6) is 0 Å². The molecule has 0 unspecified atom stereocenters. The standard InChI is InChI=1S/C35H21N/c1-5-13-27-21(9-1)22-10-2-6-14-28(22)35(27)29-15-7-3-11-23(29)25-17-18-26-24-12-4-8-16-31(24)36-32-20-19-30(35)33(25)34(26)32/h1-20,36H. The molecule has 6 aromatic rings. The Labute approximate surface area is 209 Å². The Hall–Kier alpha value is -4.62. The van der Waals surface area contributed by atoms with Gasteiger partial charge in [0.15, 0.2) is 0 Å². The molecule has 1 N–H and O–H groups in total. The van der Waals surface area contributed by atoms with Crippen LogP contribution in [0.3, 0.4) is 0 Å². The summed E-state index contributed by atoms with van der Waals surface area (Å²) in [6, 6.07) is 45.1. The molecule has 0 aromatic heterocycles. The van der Waals surface area contributed by atoms with Crippen LogP contribution in [-0.2, 0) is 5.41 Å². The molecule has 0 amide bonds. The van der Waals surface area contributed by atoms with Gasteiger partial charge in [-0.2, -0.15) is 0 Å². The van der Waals surface area contributed by atoms with Gasteiger partial charge < -0.3 is 5.32 Å². The van der Waals surface area contributed by atoms with Crippen molar-refractivity contribution in [3.8, 4) is 33.4 Å². The number of rotatable bonds is 0. The second-order valence-corrected chi connectivity index (χ2v) is 10.1. The summed E-state index contributed by atoms with van der Waals surface area (Å²) in [7, 11) is 0. The van der Waals surface area contributed by atoms with Crippen LogP contribution < -0.4 is 5.32 Å². The molecule has 2 aliphatic carbocycles. The van der Waals surface area contributed by atoms with E-state index in [1.165, 1.54) is 77.8 Å². The van der Waals surface area contributed by atoms with Crippen molar-refractivity contribution in [1.29, 1.82) is 0 Å². The van der Waals surface area contributed by atoms with Crippen LogP contribution in [0.25, 0.3) is 44.2 Å². The summed E-state index contributed by atoms with van der Waals surface area (Å²) in [5.74, 6) is 0. The van der Waals surface area contributed by atoms with E-state index in [2.05, 4.69) is 127 Å². The highest BCUT2D eigenvalue weighted by Gasteiger charge is 2.50. The lowest BCUT2D eigenvalue weighted by Crippen LogP contribution is -2.32. The minimum absolute atomic E-state index is 0.342. The first kappa shape index (κ1) is 18.7. The van der Waals surface area contributed by atoms with E-state index >= 15 is 0 Å². The van der Waals surface area contributed by atoms with E-state index in [0.29, 0.717) is 0 Å². The van der Waals surface area contributed by atoms with Crippen molar-refractivity contribution in [2.45, 2.75) is 5.41 Å². The van der Waals surface area contributed by atoms with Crippen molar-refractivity contribution >= 4 is 22.1 Å². The van der Waals surface area contributed by atoms with Crippen LogP contribution >= 0.6 is 0 Å². The van der Waals surface area contributed by atoms with Crippen LogP contribution in [-0.4, -0.2) is 0 Å². The maximum absolute atomic E-state index is 3.75. The second kappa shape index (κ2) is 6.33. The molecular formula is C35H21N. The van der Waals surface area contributed by atoms with Crippen molar-refractivity contribution in [2.24, 2.45) is 0 Å². The van der Waals surface area contributed by atoms with E-state index in [9.17, 15) is 0 Å². The molecule has 0 radical (unpaired) electrons. The minimum atomic E-state index is -0.342. The van der Waals surface area contributed by atoms with Crippen molar-refractivity contribution in [3.63, 3.8) is 0 Å². The molecule has 3 aliphatic rings. The highest BCUT2D eigenvalue weighted by molar-refractivity contribution is 6.19. The van der Waals surface area contributed by atoms with Gasteiger partial charge in [0.25, 0.3) is 0 Å². The van der Waals surface area contributed by atoms with Gasteiger partial charge in [0.05, 0.1) is 5.41 Å². The Morgan fingerprint density at radius 3 is 1.47 bits per heavy atom. The summed E-state index contributed by atoms with van der Waals surface area (Å²) in [5.41, 5.74) is 15.5. The van der Waals surface area contributed by atoms with Crippen LogP contribution in [0, 0.1) is 0 Å². The monoisotopic (exact) mass is 455 g/mol. The maximum atomic E-state index is 3.75. The second-order valence-electron chi connectivity index (χ2n) is 10.1. The Morgan fingerprint density at radius 2 is 0.833 bits per heavy atom. The SMILES string of the molecule is c1ccc2c(c1)Nc1ccc3c4c(ccc-2c14)-c1ccccc1C31c2ccccc2-c2ccccc21. The molecule has 1 heteroatoms. The highest BCUT2D eigenvalue weighted by atomic mass is 14.9. The molecule has 6 aromatic carbocycles. The molecule has 36 heavy (non-hydrogen) atoms. The van der Waals surface area contributed by atoms with Crippen LogP contribution in [0.15, 0.2) is 121 Å². The van der Waals surface area contributed by atoms with Gasteiger partial charge in [-0.1, -0.05) is 109 Å². The summed E-state index contributed by atoms with van der Waals surface area (Å²) < 4.78 is 0. The Balaban J connectivity index is 1.54. The van der Waals surface area contributed by atoms with E-state index in [-0.39, 0.29) is 5.41 Å². The molecular weight excluding hydrogens is 434 g/mol. The lowest BCUT2D eigenvalue weighted by Gasteiger charge is -2.41. The number of fused-ring (bicyclic) bond motifs is 11. The van der Waals surface area contributed by atoms with E-state index in [1.807, 2.05) is 0 Å². The molecule has 0 bridgehead atoms. The molecule has 9 rings (SSSR count). The predicted octanol–water partition coefficient (Wildman–Crippen LogP) is 8.91. The Bertz CT molecular complexity index is 1880. The fraction of sp³-hybridized carbons (Fsp3) is 0.0286. The van der Waals surface area contributed by atoms with Crippen LogP contribution in [0.1, 0.15) is 22.3 Å². The van der Waals surface area contributed by atoms with E-state index in [1.54, 1.807) is 0 Å². The number of benzene rings is 6. The quantitative estimate of drug-likeness (QED) is 0.241. The summed E-state index contributed by atoms with van der Waals surface area (Å²) in [6.07, 6.45) is 0. The third-order valence-electron chi connectivity index (χ3n) is 8.62. The number of para-hydroxylation sites is 1. The van der Waals surface area contributed by atoms with Crippen molar-refractivity contribution in [3.05, 3.63) is 144 Å². The first-order valence-electron chi connectivity index (χ1n) is 12.6. The van der Waals surface area contributed by atoms with Crippen molar-refractivity contribution < 1.29 is 0 Å². The average Bonchev–Trinajstić information content (AvgIpc) is 3.24. The highest BCUT2D eigenvalue weighted by Crippen LogP contribution is 2.63. The number of hydrogen-bond acceptors (Lipinski definition) is 1. The summed E-state index contributed by atoms with van der Waals surface area (Å²) in [6.45, 7) is 0. The summed E-state index contributed by atoms with van der Waals surface area (Å²) in [5, 5.41) is 6.45. The van der Waals surface area contributed by atoms with Gasteiger partial charge in [0, 0.05) is 22.3 Å². The molecule has 1 aliphatic heterocycles. The van der Waals surface area contributed by atoms with Crippen LogP contribution in [0.2, 0.25) is 0 Å². The number of nitrogens with one attached hydrogen (secondary N) is 1. The van der Waals surface area contributed by atoms with Crippen molar-refractivity contribution in [1.82, 2.24) is 0 Å². The predicted molar refractivity (Wildman–Crippen MR) is 149 cm³/mol. The molecule has 1 heterocycles. The van der Waals surface area contributed by atoms with E-state index < -0.39 is 0 Å². The average molecular weight is 456 g/mol. The summed E-state index contributed by atoms with van der Waals surface area (Å²) in [4.78, 5) is 0. The van der Waals surface area contributed by atoms with E-state index in [0.717, 1.165) is 0 Å². The van der Waals surface area contributed by atoms with Gasteiger partial charge in [0.2, 0.25) is 0 Å². The smallest absolute Gasteiger partial charge is 0.0725 e. The van der Waals surface area contributed by atoms with Gasteiger partial charge in [-0.05, 0) is 67.6 Å². The zero-order valence-corrected chi connectivity index (χ0v) is 19.5. The number of anilines is 2. The molecule has 1 nitrogen and oxygen atoms in total. The Morgan fingerprint density at radius 1 is 0.333 bits per heavy atom. The van der Waals surface area contributed by atoms with Gasteiger partial charge in [-0.3, -0.25) is 0 Å². The molecule has 0 fully saturated rings. The topological polar surface area (TPSA) is 12.0 Å². The van der Waals surface area contributed by atoms with Gasteiger partial charge in [0.1, 0.15) is 0 Å². The summed E-state index contributed by atoms with van der Waals surface area (Å²) >= 11 is 0. The fourth-order valence-corrected chi connectivity index (χ4v) is 7.34. The zero-order chi connectivity index (χ0) is 23.4. The third-order valence-corrected chi connectivity index (χ3v) is 8.62. The van der Waals surface area contributed by atoms with Crippen molar-refractivity contribution in [2.75, 3.05) is 5.32 Å². The first-order chi connectivity index (χ1) is 17.9. The normalized spacial score (nSPS) is 14.6. The molecule has 0 saturated carbocycles. The zero-order valence-electron chi connectivity index (χ0n) is 19.5. The van der Waals surface area contributed by atoms with Gasteiger partial charge >= 0.3 is 0 Å². The molecule has 0 atom stereocenters. The minimum Gasteiger partial charge on any atom is -0.354 e. The van der Waals surface area contributed by atoms with Gasteiger partial charge in [-0.15, -0.1) is 0 Å². The molecule has 1 spiro atoms. The Kier molecular flexibility index (Phi) is 3.28. The van der Waals surface area contributed by atoms with Gasteiger partial charge in [-0.25, -0.2) is 0 Å². The largest absolute Gasteiger partial charge is 0.354 e. The third kappa shape index (κ3) is 1.98. The lowest BCUT2D eigenvalue weighted by atomic mass is 9.61. The maximum Gasteiger partial charge on any atom is 0.0725 e. The molecule has 166 valence electrons. The first-order valence-corrected chi connectivity index (χ1v) is 12.6. The molecule has 0 saturated heterocycles. The number of hydrogen-bond donors (Lipinski definition) is 1. The van der Waals surface area contributed by atoms with Crippen LogP contribution in [0.4, 0.5) is 11.4 Å². The fourth-order valence-electron chi connectivity index (χ4n) is 7.34. The lowest BCUT2D eigenvalue weighted by molar-refractivity contribution is 0.773. The van der Waals surface area contributed by atoms with E-state index in [4.69, 9.17) is 0 Å².